The van der Waals surface area contributed by atoms with Crippen molar-refractivity contribution in [3.63, 3.8) is 0 Å². The molecule has 0 spiro atoms. The van der Waals surface area contributed by atoms with E-state index in [2.05, 4.69) is 0 Å². The van der Waals surface area contributed by atoms with Gasteiger partial charge in [-0.05, 0) is 23.8 Å². The van der Waals surface area contributed by atoms with Gasteiger partial charge in [-0.1, -0.05) is 23.2 Å². The number of nitrogens with two attached hydrogens (primary N) is 1. The van der Waals surface area contributed by atoms with Crippen LogP contribution < -0.4 is 5.73 Å². The number of hydrogen-bond donors (Lipinski definition) is 1. The van der Waals surface area contributed by atoms with Gasteiger partial charge in [0.15, 0.2) is 0 Å². The monoisotopic (exact) mass is 225 g/mol. The highest BCUT2D eigenvalue weighted by atomic mass is 35.5. The van der Waals surface area contributed by atoms with Gasteiger partial charge in [-0.25, -0.2) is 8.78 Å². The fourth-order valence-corrected chi connectivity index (χ4v) is 1.33. The molecule has 1 atom stereocenters. The van der Waals surface area contributed by atoms with Gasteiger partial charge in [0.1, 0.15) is 0 Å². The Balaban J connectivity index is 3.05. The Morgan fingerprint density at radius 1 is 1.23 bits per heavy atom. The fourth-order valence-electron chi connectivity index (χ4n) is 0.906. The van der Waals surface area contributed by atoms with E-state index in [0.717, 1.165) is 0 Å². The van der Waals surface area contributed by atoms with Crippen molar-refractivity contribution in [1.82, 2.24) is 0 Å². The molecule has 1 rings (SSSR count). The molecule has 0 amide bonds. The van der Waals surface area contributed by atoms with Crippen molar-refractivity contribution in [3.05, 3.63) is 33.8 Å². The number of benzene rings is 1. The van der Waals surface area contributed by atoms with Crippen molar-refractivity contribution in [1.29, 1.82) is 0 Å². The number of alkyl halides is 2. The second-order valence-electron chi connectivity index (χ2n) is 2.53. The predicted molar refractivity (Wildman–Crippen MR) is 49.4 cm³/mol. The van der Waals surface area contributed by atoms with Crippen molar-refractivity contribution in [2.75, 3.05) is 0 Å². The van der Waals surface area contributed by atoms with Crippen molar-refractivity contribution in [3.8, 4) is 0 Å². The summed E-state index contributed by atoms with van der Waals surface area (Å²) in [6, 6.07) is 2.93. The number of rotatable bonds is 2. The first-order chi connectivity index (χ1) is 6.02. The maximum Gasteiger partial charge on any atom is 0.257 e. The molecule has 0 heterocycles. The molecular weight excluding hydrogens is 219 g/mol. The molecule has 0 fully saturated rings. The van der Waals surface area contributed by atoms with Crippen LogP contribution in [-0.4, -0.2) is 6.43 Å². The van der Waals surface area contributed by atoms with Gasteiger partial charge < -0.3 is 5.73 Å². The highest BCUT2D eigenvalue weighted by Gasteiger charge is 2.20. The van der Waals surface area contributed by atoms with Gasteiger partial charge in [-0.15, -0.1) is 0 Å². The minimum absolute atomic E-state index is 0.171. The quantitative estimate of drug-likeness (QED) is 0.822. The molecular formula is C8H7Cl2F2N. The molecule has 0 radical (unpaired) electrons. The standard InChI is InChI=1S/C8H7Cl2F2N/c9-4-1-2-6(10)5(3-4)7(13)8(11)12/h1-3,7-8H,13H2/t7-/m1/s1. The summed E-state index contributed by atoms with van der Waals surface area (Å²) in [5, 5.41) is 0.549. The van der Waals surface area contributed by atoms with Crippen molar-refractivity contribution >= 4 is 23.2 Å². The third-order valence-corrected chi connectivity index (χ3v) is 2.17. The topological polar surface area (TPSA) is 26.0 Å². The molecule has 1 nitrogen and oxygen atoms in total. The lowest BCUT2D eigenvalue weighted by atomic mass is 10.1. The second-order valence-corrected chi connectivity index (χ2v) is 3.37. The summed E-state index contributed by atoms with van der Waals surface area (Å²) in [7, 11) is 0. The second kappa shape index (κ2) is 4.22. The first-order valence-electron chi connectivity index (χ1n) is 3.51. The zero-order valence-corrected chi connectivity index (χ0v) is 7.99. The molecule has 2 N–H and O–H groups in total. The highest BCUT2D eigenvalue weighted by molar-refractivity contribution is 6.33. The van der Waals surface area contributed by atoms with Gasteiger partial charge in [0.2, 0.25) is 0 Å². The largest absolute Gasteiger partial charge is 0.319 e. The normalized spacial score (nSPS) is 13.4. The van der Waals surface area contributed by atoms with E-state index in [-0.39, 0.29) is 10.6 Å². The van der Waals surface area contributed by atoms with E-state index >= 15 is 0 Å². The Kier molecular flexibility index (Phi) is 3.47. The Hall–Kier alpha value is -0.380. The number of hydrogen-bond acceptors (Lipinski definition) is 1. The SMILES string of the molecule is N[C@H](c1cc(Cl)ccc1Cl)C(F)F. The molecule has 0 aromatic heterocycles. The molecule has 0 bridgehead atoms. The summed E-state index contributed by atoms with van der Waals surface area (Å²) < 4.78 is 24.4. The van der Waals surface area contributed by atoms with Crippen LogP contribution in [0, 0.1) is 0 Å². The van der Waals surface area contributed by atoms with Crippen LogP contribution in [0.3, 0.4) is 0 Å². The van der Waals surface area contributed by atoms with E-state index in [1.165, 1.54) is 18.2 Å². The van der Waals surface area contributed by atoms with Gasteiger partial charge in [-0.3, -0.25) is 0 Å². The summed E-state index contributed by atoms with van der Waals surface area (Å²) in [4.78, 5) is 0. The van der Waals surface area contributed by atoms with Crippen LogP contribution in [0.2, 0.25) is 10.0 Å². The smallest absolute Gasteiger partial charge is 0.257 e. The molecule has 0 saturated carbocycles. The third-order valence-electron chi connectivity index (χ3n) is 1.59. The lowest BCUT2D eigenvalue weighted by Crippen LogP contribution is -2.19. The molecule has 1 aromatic carbocycles. The molecule has 0 unspecified atom stereocenters. The van der Waals surface area contributed by atoms with Crippen molar-refractivity contribution < 1.29 is 8.78 Å². The average molecular weight is 226 g/mol. The van der Waals surface area contributed by atoms with Crippen LogP contribution in [0.4, 0.5) is 8.78 Å². The van der Waals surface area contributed by atoms with E-state index in [9.17, 15) is 8.78 Å². The van der Waals surface area contributed by atoms with Gasteiger partial charge in [0.05, 0.1) is 6.04 Å². The van der Waals surface area contributed by atoms with E-state index < -0.39 is 12.5 Å². The van der Waals surface area contributed by atoms with E-state index in [1.807, 2.05) is 0 Å². The summed E-state index contributed by atoms with van der Waals surface area (Å²) in [6.07, 6.45) is -2.64. The van der Waals surface area contributed by atoms with Crippen LogP contribution in [0.5, 0.6) is 0 Å². The highest BCUT2D eigenvalue weighted by Crippen LogP contribution is 2.28. The Labute approximate surface area is 84.4 Å². The lowest BCUT2D eigenvalue weighted by molar-refractivity contribution is 0.116. The first-order valence-corrected chi connectivity index (χ1v) is 4.26. The van der Waals surface area contributed by atoms with Gasteiger partial charge >= 0.3 is 0 Å². The van der Waals surface area contributed by atoms with Crippen LogP contribution >= 0.6 is 23.2 Å². The minimum atomic E-state index is -2.64. The molecule has 5 heteroatoms. The molecule has 0 aliphatic rings. The molecule has 0 aliphatic heterocycles. The van der Waals surface area contributed by atoms with E-state index in [0.29, 0.717) is 5.02 Å². The summed E-state index contributed by atoms with van der Waals surface area (Å²) in [5.74, 6) is 0. The predicted octanol–water partition coefficient (Wildman–Crippen LogP) is 3.26. The molecule has 13 heavy (non-hydrogen) atoms. The summed E-state index contributed by atoms with van der Waals surface area (Å²) >= 11 is 11.3. The molecule has 0 aliphatic carbocycles. The van der Waals surface area contributed by atoms with Crippen molar-refractivity contribution in [2.45, 2.75) is 12.5 Å². The Bertz CT molecular complexity index is 304. The zero-order valence-electron chi connectivity index (χ0n) is 6.48. The molecule has 0 saturated heterocycles. The van der Waals surface area contributed by atoms with Crippen LogP contribution in [0.25, 0.3) is 0 Å². The average Bonchev–Trinajstić information content (AvgIpc) is 2.08. The summed E-state index contributed by atoms with van der Waals surface area (Å²) in [6.45, 7) is 0. The maximum absolute atomic E-state index is 12.2. The third kappa shape index (κ3) is 2.53. The van der Waals surface area contributed by atoms with Crippen LogP contribution in [0.15, 0.2) is 18.2 Å². The van der Waals surface area contributed by atoms with Gasteiger partial charge in [0, 0.05) is 10.0 Å². The van der Waals surface area contributed by atoms with Crippen LogP contribution in [-0.2, 0) is 0 Å². The maximum atomic E-state index is 12.2. The Morgan fingerprint density at radius 3 is 2.38 bits per heavy atom. The molecule has 1 aromatic rings. The zero-order chi connectivity index (χ0) is 10.0. The molecule has 72 valence electrons. The fraction of sp³-hybridized carbons (Fsp3) is 0.250. The lowest BCUT2D eigenvalue weighted by Gasteiger charge is -2.12. The van der Waals surface area contributed by atoms with Gasteiger partial charge in [-0.2, -0.15) is 0 Å². The first kappa shape index (κ1) is 10.7. The van der Waals surface area contributed by atoms with Crippen LogP contribution in [0.1, 0.15) is 11.6 Å². The summed E-state index contributed by atoms with van der Waals surface area (Å²) in [5.41, 5.74) is 5.38. The van der Waals surface area contributed by atoms with Crippen molar-refractivity contribution in [2.24, 2.45) is 5.73 Å². The number of halogens is 4. The van der Waals surface area contributed by atoms with E-state index in [4.69, 9.17) is 28.9 Å². The minimum Gasteiger partial charge on any atom is -0.319 e. The van der Waals surface area contributed by atoms with E-state index in [1.54, 1.807) is 0 Å². The Morgan fingerprint density at radius 2 is 1.85 bits per heavy atom. The van der Waals surface area contributed by atoms with Gasteiger partial charge in [0.25, 0.3) is 6.43 Å².